The van der Waals surface area contributed by atoms with Gasteiger partial charge in [-0.15, -0.1) is 5.10 Å². The number of nitrogens with zero attached hydrogens (tertiary/aromatic N) is 5. The van der Waals surface area contributed by atoms with Crippen LogP contribution in [0.15, 0.2) is 48.8 Å². The third-order valence-electron chi connectivity index (χ3n) is 3.96. The SMILES string of the molecule is N#Cc1n[nH]nc1-c1cc(OCc2cn3ccccc3n2)cc(C(F)(F)F)c1. The topological polar surface area (TPSA) is 91.9 Å². The van der Waals surface area contributed by atoms with Crippen LogP contribution in [-0.2, 0) is 12.8 Å². The van der Waals surface area contributed by atoms with Crippen molar-refractivity contribution in [1.82, 2.24) is 24.8 Å². The van der Waals surface area contributed by atoms with Crippen molar-refractivity contribution in [2.24, 2.45) is 0 Å². The normalized spacial score (nSPS) is 11.5. The van der Waals surface area contributed by atoms with E-state index in [0.717, 1.165) is 12.1 Å². The highest BCUT2D eigenvalue weighted by Crippen LogP contribution is 2.35. The Morgan fingerprint density at radius 3 is 2.79 bits per heavy atom. The van der Waals surface area contributed by atoms with Crippen LogP contribution in [-0.4, -0.2) is 24.8 Å². The first kappa shape index (κ1) is 17.5. The van der Waals surface area contributed by atoms with Gasteiger partial charge in [0.15, 0.2) is 5.69 Å². The largest absolute Gasteiger partial charge is 0.487 e. The van der Waals surface area contributed by atoms with Crippen LogP contribution >= 0.6 is 0 Å². The molecule has 0 fully saturated rings. The van der Waals surface area contributed by atoms with Crippen LogP contribution in [0.1, 0.15) is 17.0 Å². The number of rotatable bonds is 4. The number of halogens is 3. The fourth-order valence-corrected chi connectivity index (χ4v) is 2.71. The average molecular weight is 384 g/mol. The molecule has 0 atom stereocenters. The zero-order valence-electron chi connectivity index (χ0n) is 14.1. The van der Waals surface area contributed by atoms with E-state index < -0.39 is 11.7 Å². The second-order valence-corrected chi connectivity index (χ2v) is 5.86. The van der Waals surface area contributed by atoms with Crippen molar-refractivity contribution >= 4 is 5.65 Å². The number of aromatic amines is 1. The number of pyridine rings is 1. The quantitative estimate of drug-likeness (QED) is 0.581. The van der Waals surface area contributed by atoms with Crippen molar-refractivity contribution in [2.45, 2.75) is 12.8 Å². The van der Waals surface area contributed by atoms with Gasteiger partial charge < -0.3 is 9.14 Å². The first-order valence-corrected chi connectivity index (χ1v) is 8.03. The van der Waals surface area contributed by atoms with Crippen molar-refractivity contribution in [3.8, 4) is 23.1 Å². The number of hydrogen-bond donors (Lipinski definition) is 1. The maximum Gasteiger partial charge on any atom is 0.416 e. The molecule has 0 saturated carbocycles. The second-order valence-electron chi connectivity index (χ2n) is 5.86. The summed E-state index contributed by atoms with van der Waals surface area (Å²) in [7, 11) is 0. The van der Waals surface area contributed by atoms with Gasteiger partial charge in [-0.25, -0.2) is 4.98 Å². The van der Waals surface area contributed by atoms with Gasteiger partial charge in [0.2, 0.25) is 0 Å². The van der Waals surface area contributed by atoms with Gasteiger partial charge >= 0.3 is 6.18 Å². The molecular weight excluding hydrogens is 373 g/mol. The van der Waals surface area contributed by atoms with Crippen LogP contribution in [0.5, 0.6) is 5.75 Å². The number of alkyl halides is 3. The van der Waals surface area contributed by atoms with Crippen LogP contribution in [0.2, 0.25) is 0 Å². The highest BCUT2D eigenvalue weighted by atomic mass is 19.4. The number of aromatic nitrogens is 5. The summed E-state index contributed by atoms with van der Waals surface area (Å²) in [5, 5.41) is 18.7. The first-order valence-electron chi connectivity index (χ1n) is 8.03. The van der Waals surface area contributed by atoms with Crippen molar-refractivity contribution in [2.75, 3.05) is 0 Å². The minimum absolute atomic E-state index is 0.0196. The van der Waals surface area contributed by atoms with Crippen molar-refractivity contribution in [3.63, 3.8) is 0 Å². The second kappa shape index (κ2) is 6.70. The molecule has 0 saturated heterocycles. The van der Waals surface area contributed by atoms with Gasteiger partial charge in [0.05, 0.1) is 11.3 Å². The Balaban J connectivity index is 1.67. The summed E-state index contributed by atoms with van der Waals surface area (Å²) < 4.78 is 47.2. The Labute approximate surface area is 156 Å². The Hall–Kier alpha value is -3.87. The monoisotopic (exact) mass is 384 g/mol. The number of ether oxygens (including phenoxy) is 1. The van der Waals surface area contributed by atoms with E-state index in [0.29, 0.717) is 11.3 Å². The molecule has 0 aliphatic heterocycles. The lowest BCUT2D eigenvalue weighted by atomic mass is 10.1. The highest BCUT2D eigenvalue weighted by Gasteiger charge is 2.32. The number of nitriles is 1. The summed E-state index contributed by atoms with van der Waals surface area (Å²) in [5.74, 6) is -0.0197. The average Bonchev–Trinajstić information content (AvgIpc) is 3.31. The lowest BCUT2D eigenvalue weighted by Gasteiger charge is -2.12. The third kappa shape index (κ3) is 3.37. The zero-order chi connectivity index (χ0) is 19.7. The predicted molar refractivity (Wildman–Crippen MR) is 91.1 cm³/mol. The number of fused-ring (bicyclic) bond motifs is 1. The Bertz CT molecular complexity index is 1150. The van der Waals surface area contributed by atoms with Gasteiger partial charge in [-0.3, -0.25) is 0 Å². The fourth-order valence-electron chi connectivity index (χ4n) is 2.71. The minimum Gasteiger partial charge on any atom is -0.487 e. The molecule has 0 amide bonds. The van der Waals surface area contributed by atoms with Crippen LogP contribution < -0.4 is 4.74 Å². The molecule has 1 aromatic carbocycles. The van der Waals surface area contributed by atoms with Crippen LogP contribution in [0.25, 0.3) is 16.9 Å². The Morgan fingerprint density at radius 2 is 2.04 bits per heavy atom. The minimum atomic E-state index is -4.59. The van der Waals surface area contributed by atoms with Crippen molar-refractivity contribution < 1.29 is 17.9 Å². The number of H-pyrrole nitrogens is 1. The molecule has 0 aliphatic carbocycles. The van der Waals surface area contributed by atoms with E-state index in [-0.39, 0.29) is 29.3 Å². The summed E-state index contributed by atoms with van der Waals surface area (Å²) in [6.45, 7) is -0.0215. The molecule has 4 aromatic rings. The fraction of sp³-hybridized carbons (Fsp3) is 0.111. The van der Waals surface area contributed by atoms with E-state index in [1.165, 1.54) is 6.07 Å². The van der Waals surface area contributed by atoms with Gasteiger partial charge in [0, 0.05) is 18.0 Å². The molecule has 0 unspecified atom stereocenters. The van der Waals surface area contributed by atoms with Gasteiger partial charge in [0.25, 0.3) is 0 Å². The molecule has 10 heteroatoms. The molecule has 4 rings (SSSR count). The van der Waals surface area contributed by atoms with E-state index >= 15 is 0 Å². The number of imidazole rings is 1. The van der Waals surface area contributed by atoms with Crippen molar-refractivity contribution in [1.29, 1.82) is 5.26 Å². The molecule has 0 bridgehead atoms. The summed E-state index contributed by atoms with van der Waals surface area (Å²) in [5.41, 5.74) is 0.334. The summed E-state index contributed by atoms with van der Waals surface area (Å²) in [6, 6.07) is 10.4. The summed E-state index contributed by atoms with van der Waals surface area (Å²) in [4.78, 5) is 4.34. The maximum absolute atomic E-state index is 13.3. The van der Waals surface area contributed by atoms with Crippen LogP contribution in [0.4, 0.5) is 13.2 Å². The molecule has 1 N–H and O–H groups in total. The Kier molecular flexibility index (Phi) is 4.19. The lowest BCUT2D eigenvalue weighted by Crippen LogP contribution is -2.06. The van der Waals surface area contributed by atoms with E-state index in [1.807, 2.05) is 18.3 Å². The zero-order valence-corrected chi connectivity index (χ0v) is 14.1. The van der Waals surface area contributed by atoms with E-state index in [2.05, 4.69) is 20.4 Å². The molecule has 0 radical (unpaired) electrons. The smallest absolute Gasteiger partial charge is 0.416 e. The van der Waals surface area contributed by atoms with Crippen LogP contribution in [0, 0.1) is 11.3 Å². The van der Waals surface area contributed by atoms with Crippen LogP contribution in [0.3, 0.4) is 0 Å². The molecule has 140 valence electrons. The van der Waals surface area contributed by atoms with Gasteiger partial charge in [0.1, 0.15) is 29.8 Å². The molecule has 7 nitrogen and oxygen atoms in total. The van der Waals surface area contributed by atoms with E-state index in [9.17, 15) is 13.2 Å². The molecule has 3 heterocycles. The first-order chi connectivity index (χ1) is 13.4. The lowest BCUT2D eigenvalue weighted by molar-refractivity contribution is -0.137. The summed E-state index contributed by atoms with van der Waals surface area (Å²) >= 11 is 0. The van der Waals surface area contributed by atoms with Gasteiger partial charge in [-0.1, -0.05) is 6.07 Å². The number of hydrogen-bond acceptors (Lipinski definition) is 5. The number of benzene rings is 1. The molecule has 3 aromatic heterocycles. The van der Waals surface area contributed by atoms with E-state index in [1.54, 1.807) is 22.7 Å². The third-order valence-corrected chi connectivity index (χ3v) is 3.96. The maximum atomic E-state index is 13.3. The Morgan fingerprint density at radius 1 is 1.18 bits per heavy atom. The van der Waals surface area contributed by atoms with Crippen molar-refractivity contribution in [3.05, 3.63) is 65.7 Å². The van der Waals surface area contributed by atoms with Gasteiger partial charge in [-0.2, -0.15) is 28.7 Å². The van der Waals surface area contributed by atoms with E-state index in [4.69, 9.17) is 10.00 Å². The number of nitrogens with one attached hydrogen (secondary N) is 1. The standard InChI is InChI=1S/C18H11F3N6O/c19-18(20,21)12-5-11(17-15(8-22)24-26-25-17)6-14(7-12)28-10-13-9-27-4-2-1-3-16(27)23-13/h1-7,9H,10H2,(H,24,25,26). The highest BCUT2D eigenvalue weighted by molar-refractivity contribution is 5.67. The predicted octanol–water partition coefficient (Wildman–Crippen LogP) is 3.59. The molecule has 0 aliphatic rings. The summed E-state index contributed by atoms with van der Waals surface area (Å²) in [6.07, 6.45) is -1.05. The molecule has 28 heavy (non-hydrogen) atoms. The molecule has 0 spiro atoms. The van der Waals surface area contributed by atoms with Gasteiger partial charge in [-0.05, 0) is 30.3 Å². The molecular formula is C18H11F3N6O.